The first-order valence-corrected chi connectivity index (χ1v) is 7.73. The highest BCUT2D eigenvalue weighted by atomic mass is 79.9. The van der Waals surface area contributed by atoms with Gasteiger partial charge in [0.2, 0.25) is 6.79 Å². The largest absolute Gasteiger partial charge is 0.454 e. The van der Waals surface area contributed by atoms with Crippen LogP contribution in [-0.4, -0.2) is 11.8 Å². The molecule has 104 valence electrons. The molecule has 2 aromatic rings. The smallest absolute Gasteiger partial charge is 0.231 e. The highest BCUT2D eigenvalue weighted by molar-refractivity contribution is 9.10. The van der Waals surface area contributed by atoms with E-state index in [4.69, 9.17) is 21.1 Å². The summed E-state index contributed by atoms with van der Waals surface area (Å²) in [7, 11) is 0. The Bertz CT molecular complexity index is 667. The third-order valence-electron chi connectivity index (χ3n) is 2.82. The molecule has 0 aliphatic carbocycles. The number of rotatable bonds is 3. The van der Waals surface area contributed by atoms with Gasteiger partial charge >= 0.3 is 0 Å². The summed E-state index contributed by atoms with van der Waals surface area (Å²) in [5.74, 6) is 1.52. The standard InChI is InChI=1S/C13H9Br2ClN2O2/c14-9-3-12-11(19-6-20-12)1-7(9)4-17-8-2-10(15)13(16)18-5-8/h1-3,5,17H,4,6H2. The van der Waals surface area contributed by atoms with Gasteiger partial charge in [0.25, 0.3) is 0 Å². The van der Waals surface area contributed by atoms with E-state index in [0.29, 0.717) is 11.7 Å². The molecule has 1 aromatic heterocycles. The van der Waals surface area contributed by atoms with Crippen molar-refractivity contribution in [2.24, 2.45) is 0 Å². The van der Waals surface area contributed by atoms with Crippen molar-refractivity contribution in [2.75, 3.05) is 12.1 Å². The average Bonchev–Trinajstić information content (AvgIpc) is 2.87. The lowest BCUT2D eigenvalue weighted by Crippen LogP contribution is -2.01. The summed E-state index contributed by atoms with van der Waals surface area (Å²) in [4.78, 5) is 4.07. The van der Waals surface area contributed by atoms with Crippen LogP contribution in [-0.2, 0) is 6.54 Å². The minimum absolute atomic E-state index is 0.271. The Kier molecular flexibility index (Phi) is 4.05. The van der Waals surface area contributed by atoms with E-state index in [2.05, 4.69) is 42.2 Å². The first kappa shape index (κ1) is 14.0. The van der Waals surface area contributed by atoms with Gasteiger partial charge in [-0.3, -0.25) is 0 Å². The maximum Gasteiger partial charge on any atom is 0.231 e. The summed E-state index contributed by atoms with van der Waals surface area (Å²) in [5, 5.41) is 3.73. The number of benzene rings is 1. The van der Waals surface area contributed by atoms with Crippen LogP contribution in [0.25, 0.3) is 0 Å². The molecule has 0 unspecified atom stereocenters. The van der Waals surface area contributed by atoms with Gasteiger partial charge in [-0.05, 0) is 39.7 Å². The predicted octanol–water partition coefficient (Wildman–Crippen LogP) is 4.60. The highest BCUT2D eigenvalue weighted by Gasteiger charge is 2.16. The van der Waals surface area contributed by atoms with E-state index >= 15 is 0 Å². The fourth-order valence-corrected chi connectivity index (χ4v) is 2.72. The van der Waals surface area contributed by atoms with Crippen LogP contribution in [0.5, 0.6) is 11.5 Å². The van der Waals surface area contributed by atoms with Crippen LogP contribution in [0.3, 0.4) is 0 Å². The lowest BCUT2D eigenvalue weighted by molar-refractivity contribution is 0.174. The molecule has 2 heterocycles. The van der Waals surface area contributed by atoms with E-state index in [9.17, 15) is 0 Å². The van der Waals surface area contributed by atoms with Gasteiger partial charge in [-0.2, -0.15) is 0 Å². The number of pyridine rings is 1. The number of hydrogen-bond donors (Lipinski definition) is 1. The molecule has 1 aliphatic heterocycles. The topological polar surface area (TPSA) is 43.4 Å². The Hall–Kier alpha value is -0.980. The minimum atomic E-state index is 0.271. The van der Waals surface area contributed by atoms with Crippen molar-refractivity contribution in [3.8, 4) is 11.5 Å². The first-order chi connectivity index (χ1) is 9.63. The second kappa shape index (κ2) is 5.79. The van der Waals surface area contributed by atoms with Crippen molar-refractivity contribution in [3.05, 3.63) is 44.1 Å². The van der Waals surface area contributed by atoms with Crippen LogP contribution >= 0.6 is 43.5 Å². The third-order valence-corrected chi connectivity index (χ3v) is 4.69. The summed E-state index contributed by atoms with van der Waals surface area (Å²) in [6.45, 7) is 0.902. The SMILES string of the molecule is Clc1ncc(NCc2cc3c(cc2Br)OCO3)cc1Br. The van der Waals surface area contributed by atoms with Crippen LogP contribution in [0.4, 0.5) is 5.69 Å². The van der Waals surface area contributed by atoms with Crippen LogP contribution in [0.15, 0.2) is 33.3 Å². The zero-order valence-corrected chi connectivity index (χ0v) is 14.0. The Labute approximate surface area is 137 Å². The van der Waals surface area contributed by atoms with E-state index in [0.717, 1.165) is 31.7 Å². The van der Waals surface area contributed by atoms with Crippen LogP contribution in [0, 0.1) is 0 Å². The molecule has 4 nitrogen and oxygen atoms in total. The van der Waals surface area contributed by atoms with E-state index < -0.39 is 0 Å². The molecule has 20 heavy (non-hydrogen) atoms. The summed E-state index contributed by atoms with van der Waals surface area (Å²) in [5.41, 5.74) is 1.95. The molecule has 1 aromatic carbocycles. The number of nitrogens with zero attached hydrogens (tertiary/aromatic N) is 1. The fraction of sp³-hybridized carbons (Fsp3) is 0.154. The maximum atomic E-state index is 5.86. The number of halogens is 3. The molecule has 0 saturated heterocycles. The summed E-state index contributed by atoms with van der Waals surface area (Å²) >= 11 is 12.7. The van der Waals surface area contributed by atoms with Gasteiger partial charge < -0.3 is 14.8 Å². The van der Waals surface area contributed by atoms with Crippen LogP contribution in [0.2, 0.25) is 5.15 Å². The molecule has 0 bridgehead atoms. The normalized spacial score (nSPS) is 12.6. The minimum Gasteiger partial charge on any atom is -0.454 e. The number of aromatic nitrogens is 1. The molecule has 1 N–H and O–H groups in total. The van der Waals surface area contributed by atoms with E-state index in [-0.39, 0.29) is 6.79 Å². The van der Waals surface area contributed by atoms with E-state index in [1.54, 1.807) is 6.20 Å². The van der Waals surface area contributed by atoms with Crippen molar-refractivity contribution in [1.82, 2.24) is 4.98 Å². The Balaban J connectivity index is 1.76. The monoisotopic (exact) mass is 418 g/mol. The van der Waals surface area contributed by atoms with E-state index in [1.807, 2.05) is 18.2 Å². The molecule has 3 rings (SSSR count). The molecule has 7 heteroatoms. The van der Waals surface area contributed by atoms with Gasteiger partial charge in [0.05, 0.1) is 16.4 Å². The molecule has 0 saturated carbocycles. The molecule has 0 fully saturated rings. The zero-order chi connectivity index (χ0) is 14.1. The van der Waals surface area contributed by atoms with Crippen molar-refractivity contribution < 1.29 is 9.47 Å². The third kappa shape index (κ3) is 2.87. The summed E-state index contributed by atoms with van der Waals surface area (Å²) in [6.07, 6.45) is 1.69. The first-order valence-electron chi connectivity index (χ1n) is 5.76. The van der Waals surface area contributed by atoms with E-state index in [1.165, 1.54) is 0 Å². The number of hydrogen-bond acceptors (Lipinski definition) is 4. The molecule has 0 atom stereocenters. The van der Waals surface area contributed by atoms with Crippen molar-refractivity contribution in [2.45, 2.75) is 6.54 Å². The highest BCUT2D eigenvalue weighted by Crippen LogP contribution is 2.37. The second-order valence-electron chi connectivity index (χ2n) is 4.15. The van der Waals surface area contributed by atoms with Gasteiger partial charge in [0.1, 0.15) is 5.15 Å². The summed E-state index contributed by atoms with van der Waals surface area (Å²) in [6, 6.07) is 5.75. The van der Waals surface area contributed by atoms with Gasteiger partial charge in [-0.15, -0.1) is 0 Å². The zero-order valence-electron chi connectivity index (χ0n) is 10.1. The van der Waals surface area contributed by atoms with Gasteiger partial charge in [0.15, 0.2) is 11.5 Å². The maximum absolute atomic E-state index is 5.86. The molecular weight excluding hydrogens is 411 g/mol. The Morgan fingerprint density at radius 1 is 1.15 bits per heavy atom. The lowest BCUT2D eigenvalue weighted by atomic mass is 10.2. The molecular formula is C13H9Br2ClN2O2. The van der Waals surface area contributed by atoms with Gasteiger partial charge in [-0.1, -0.05) is 27.5 Å². The lowest BCUT2D eigenvalue weighted by Gasteiger charge is -2.09. The molecule has 0 amide bonds. The van der Waals surface area contributed by atoms with Gasteiger partial charge in [-0.25, -0.2) is 4.98 Å². The van der Waals surface area contributed by atoms with Crippen molar-refractivity contribution in [1.29, 1.82) is 0 Å². The van der Waals surface area contributed by atoms with Crippen LogP contribution < -0.4 is 14.8 Å². The quantitative estimate of drug-likeness (QED) is 0.737. The predicted molar refractivity (Wildman–Crippen MR) is 84.5 cm³/mol. The average molecular weight is 420 g/mol. The molecule has 1 aliphatic rings. The number of nitrogens with one attached hydrogen (secondary N) is 1. The number of anilines is 1. The van der Waals surface area contributed by atoms with Crippen molar-refractivity contribution in [3.63, 3.8) is 0 Å². The summed E-state index contributed by atoms with van der Waals surface area (Å²) < 4.78 is 12.4. The second-order valence-corrected chi connectivity index (χ2v) is 6.21. The Morgan fingerprint density at radius 2 is 1.90 bits per heavy atom. The van der Waals surface area contributed by atoms with Crippen molar-refractivity contribution >= 4 is 49.1 Å². The molecule has 0 radical (unpaired) electrons. The molecule has 0 spiro atoms. The number of ether oxygens (including phenoxy) is 2. The number of fused-ring (bicyclic) bond motifs is 1. The van der Waals surface area contributed by atoms with Gasteiger partial charge in [0, 0.05) is 11.0 Å². The Morgan fingerprint density at radius 3 is 2.65 bits per heavy atom. The van der Waals surface area contributed by atoms with Crippen LogP contribution in [0.1, 0.15) is 5.56 Å². The fourth-order valence-electron chi connectivity index (χ4n) is 1.81.